The second kappa shape index (κ2) is 6.49. The van der Waals surface area contributed by atoms with Crippen molar-refractivity contribution in [1.82, 2.24) is 0 Å². The first-order valence-corrected chi connectivity index (χ1v) is 5.53. The molecule has 0 saturated carbocycles. The lowest BCUT2D eigenvalue weighted by Gasteiger charge is -2.08. The van der Waals surface area contributed by atoms with Crippen LogP contribution in [-0.2, 0) is 9.53 Å². The van der Waals surface area contributed by atoms with Crippen molar-refractivity contribution < 1.29 is 29.0 Å². The molecule has 1 heterocycles. The molecule has 0 spiro atoms. The molecule has 8 heteroatoms. The number of ether oxygens (including phenoxy) is 1. The number of diazo groups is 1. The molecule has 1 aromatic heterocycles. The predicted molar refractivity (Wildman–Crippen MR) is 65.0 cm³/mol. The van der Waals surface area contributed by atoms with Crippen molar-refractivity contribution in [3.8, 4) is 0 Å². The molecule has 1 aromatic rings. The third-order valence-corrected chi connectivity index (χ3v) is 2.55. The van der Waals surface area contributed by atoms with E-state index in [0.717, 1.165) is 19.5 Å². The van der Waals surface area contributed by atoms with Gasteiger partial charge in [0.15, 0.2) is 10.7 Å². The zero-order valence-corrected chi connectivity index (χ0v) is 10.9. The molecule has 0 aliphatic heterocycles. The number of nitrogens with zero attached hydrogens (tertiary/aromatic N) is 2. The number of carbonyl (C=O) groups excluding carboxylic acids is 2. The zero-order valence-electron chi connectivity index (χ0n) is 10.9. The van der Waals surface area contributed by atoms with Crippen molar-refractivity contribution in [1.29, 1.82) is 5.39 Å². The van der Waals surface area contributed by atoms with E-state index < -0.39 is 35.7 Å². The fourth-order valence-corrected chi connectivity index (χ4v) is 1.56. The van der Waals surface area contributed by atoms with E-state index in [0.29, 0.717) is 0 Å². The number of esters is 1. The van der Waals surface area contributed by atoms with E-state index in [2.05, 4.69) is 9.71 Å². The lowest BCUT2D eigenvalue weighted by atomic mass is 10.0. The maximum Gasteiger partial charge on any atom is 0.463 e. The highest BCUT2D eigenvalue weighted by Crippen LogP contribution is 2.26. The van der Waals surface area contributed by atoms with E-state index >= 15 is 0 Å². The summed E-state index contributed by atoms with van der Waals surface area (Å²) >= 11 is 0. The van der Waals surface area contributed by atoms with Crippen LogP contribution in [0.15, 0.2) is 28.4 Å². The van der Waals surface area contributed by atoms with Crippen LogP contribution in [0.2, 0.25) is 0 Å². The van der Waals surface area contributed by atoms with Gasteiger partial charge in [0, 0.05) is 18.9 Å². The second-order valence-electron chi connectivity index (χ2n) is 3.90. The van der Waals surface area contributed by atoms with Crippen molar-refractivity contribution in [3.05, 3.63) is 40.1 Å². The van der Waals surface area contributed by atoms with Crippen LogP contribution in [0.3, 0.4) is 0 Å². The Morgan fingerprint density at radius 2 is 2.15 bits per heavy atom. The van der Waals surface area contributed by atoms with Crippen molar-refractivity contribution in [2.45, 2.75) is 19.4 Å². The molecular weight excluding hydrogens is 268 g/mol. The summed E-state index contributed by atoms with van der Waals surface area (Å²) in [5.41, 5.74) is -0.477. The second-order valence-corrected chi connectivity index (χ2v) is 3.90. The van der Waals surface area contributed by atoms with Crippen LogP contribution in [0.1, 0.15) is 35.4 Å². The molecule has 0 aromatic carbocycles. The Morgan fingerprint density at radius 3 is 2.65 bits per heavy atom. The first-order valence-electron chi connectivity index (χ1n) is 5.53. The molecule has 0 amide bonds. The maximum absolute atomic E-state index is 11.4. The number of hydrogen-bond acceptors (Lipinski definition) is 7. The van der Waals surface area contributed by atoms with Gasteiger partial charge in [-0.25, -0.2) is 4.79 Å². The maximum atomic E-state index is 11.4. The highest BCUT2D eigenvalue weighted by Gasteiger charge is 2.28. The normalized spacial score (nSPS) is 13.1. The van der Waals surface area contributed by atoms with Gasteiger partial charge in [-0.05, 0) is 0 Å². The lowest BCUT2D eigenvalue weighted by Crippen LogP contribution is -2.08. The van der Waals surface area contributed by atoms with Gasteiger partial charge in [0.25, 0.3) is 5.78 Å². The van der Waals surface area contributed by atoms with Crippen LogP contribution in [-0.4, -0.2) is 29.1 Å². The molecular formula is C12H13N2O6+. The minimum atomic E-state index is -1.33. The third-order valence-electron chi connectivity index (χ3n) is 2.55. The summed E-state index contributed by atoms with van der Waals surface area (Å²) in [5.74, 6) is -1.99. The zero-order chi connectivity index (χ0) is 15.3. The van der Waals surface area contributed by atoms with Gasteiger partial charge in [-0.15, -0.1) is 0 Å². The van der Waals surface area contributed by atoms with Crippen LogP contribution < -0.4 is 0 Å². The highest BCUT2D eigenvalue weighted by atomic mass is 16.5. The topological polar surface area (TPSA) is 125 Å². The van der Waals surface area contributed by atoms with Crippen molar-refractivity contribution in [2.24, 2.45) is 0 Å². The number of methoxy groups -OCH3 is 1. The Kier molecular flexibility index (Phi) is 5.00. The Hall–Kier alpha value is -2.66. The van der Waals surface area contributed by atoms with Crippen LogP contribution in [0.4, 0.5) is 0 Å². The van der Waals surface area contributed by atoms with Gasteiger partial charge >= 0.3 is 11.7 Å². The number of furan rings is 1. The molecule has 1 unspecified atom stereocenters. The number of aliphatic hydroxyl groups is 2. The molecule has 20 heavy (non-hydrogen) atoms. The van der Waals surface area contributed by atoms with Crippen molar-refractivity contribution >= 4 is 11.8 Å². The Labute approximate surface area is 113 Å². The van der Waals surface area contributed by atoms with E-state index in [4.69, 9.17) is 9.81 Å². The minimum Gasteiger partial charge on any atom is -0.505 e. The summed E-state index contributed by atoms with van der Waals surface area (Å²) < 4.78 is 9.31. The average molecular weight is 281 g/mol. The summed E-state index contributed by atoms with van der Waals surface area (Å²) in [6.07, 6.45) is 0.447. The van der Waals surface area contributed by atoms with E-state index in [9.17, 15) is 19.8 Å². The standard InChI is InChI=1S/C12H12N2O6/c1-6(15)11(14-13)10(17)3-9(16)7-4-20-5-8(7)12(18)19-2/h4-5,9,16H,3H2,1-2H3/p+1. The number of aliphatic hydroxyl groups excluding tert-OH is 2. The quantitative estimate of drug-likeness (QED) is 0.364. The van der Waals surface area contributed by atoms with Gasteiger partial charge in [0.05, 0.1) is 19.5 Å². The van der Waals surface area contributed by atoms with Gasteiger partial charge in [-0.1, -0.05) is 0 Å². The highest BCUT2D eigenvalue weighted by molar-refractivity contribution is 5.95. The largest absolute Gasteiger partial charge is 0.505 e. The first-order chi connectivity index (χ1) is 9.42. The molecule has 2 N–H and O–H groups in total. The van der Waals surface area contributed by atoms with Gasteiger partial charge in [-0.2, -0.15) is 0 Å². The molecule has 0 aliphatic carbocycles. The molecule has 0 radical (unpaired) electrons. The van der Waals surface area contributed by atoms with Crippen molar-refractivity contribution in [3.63, 3.8) is 0 Å². The van der Waals surface area contributed by atoms with Gasteiger partial charge < -0.3 is 19.4 Å². The number of ketones is 1. The summed E-state index contributed by atoms with van der Waals surface area (Å²) in [6, 6.07) is 0. The molecule has 0 bridgehead atoms. The Bertz CT molecular complexity index is 595. The monoisotopic (exact) mass is 281 g/mol. The first kappa shape index (κ1) is 15.4. The minimum absolute atomic E-state index is 0.00175. The van der Waals surface area contributed by atoms with E-state index in [-0.39, 0.29) is 11.1 Å². The van der Waals surface area contributed by atoms with E-state index in [1.54, 1.807) is 0 Å². The smallest absolute Gasteiger partial charge is 0.463 e. The molecule has 0 saturated heterocycles. The molecule has 1 atom stereocenters. The van der Waals surface area contributed by atoms with Gasteiger partial charge in [-0.3, -0.25) is 4.79 Å². The molecule has 106 valence electrons. The summed E-state index contributed by atoms with van der Waals surface area (Å²) in [7, 11) is 1.17. The number of carbonyl (C=O) groups is 2. The predicted octanol–water partition coefficient (Wildman–Crippen LogP) is 1.70. The Morgan fingerprint density at radius 1 is 1.50 bits per heavy atom. The lowest BCUT2D eigenvalue weighted by molar-refractivity contribution is -0.113. The summed E-state index contributed by atoms with van der Waals surface area (Å²) in [4.78, 5) is 25.1. The molecule has 1 rings (SSSR count). The van der Waals surface area contributed by atoms with Gasteiger partial charge in [0.1, 0.15) is 11.8 Å². The molecule has 0 fully saturated rings. The number of Topliss-reactive ketones (excluding diaryl/α,β-unsaturated/α-hetero) is 1. The third kappa shape index (κ3) is 3.21. The fraction of sp³-hybridized carbons (Fsp3) is 0.333. The van der Waals surface area contributed by atoms with Crippen LogP contribution in [0.25, 0.3) is 4.98 Å². The number of allylic oxidation sites excluding steroid dienone is 1. The fourth-order valence-electron chi connectivity index (χ4n) is 1.56. The molecule has 8 nitrogen and oxygen atoms in total. The Balaban J connectivity index is 3.01. The number of rotatable bonds is 5. The van der Waals surface area contributed by atoms with Gasteiger partial charge in [0.2, 0.25) is 5.39 Å². The van der Waals surface area contributed by atoms with Crippen LogP contribution in [0, 0.1) is 5.39 Å². The average Bonchev–Trinajstić information content (AvgIpc) is 2.87. The number of hydrogen-bond donors (Lipinski definition) is 2. The van der Waals surface area contributed by atoms with Crippen LogP contribution in [0.5, 0.6) is 0 Å². The summed E-state index contributed by atoms with van der Waals surface area (Å²) in [5, 5.41) is 28.2. The SMILES string of the molecule is COC(=O)c1cocc1C(O)C/C(O)=C(\[N+]#N)C(C)=O. The summed E-state index contributed by atoms with van der Waals surface area (Å²) in [6.45, 7) is 1.09. The van der Waals surface area contributed by atoms with Crippen LogP contribution >= 0.6 is 0 Å². The van der Waals surface area contributed by atoms with E-state index in [1.807, 2.05) is 0 Å². The van der Waals surface area contributed by atoms with E-state index in [1.165, 1.54) is 7.11 Å². The molecule has 0 aliphatic rings. The van der Waals surface area contributed by atoms with Crippen molar-refractivity contribution in [2.75, 3.05) is 7.11 Å².